The van der Waals surface area contributed by atoms with Crippen molar-refractivity contribution in [3.63, 3.8) is 0 Å². The number of fused-ring (bicyclic) bond motifs is 1. The lowest BCUT2D eigenvalue weighted by atomic mass is 10.1. The van der Waals surface area contributed by atoms with E-state index in [-0.39, 0.29) is 12.5 Å². The van der Waals surface area contributed by atoms with E-state index in [2.05, 4.69) is 10.3 Å². The van der Waals surface area contributed by atoms with Gasteiger partial charge in [0.05, 0.1) is 17.7 Å². The molecule has 2 aromatic rings. The molecule has 0 aliphatic carbocycles. The lowest BCUT2D eigenvalue weighted by molar-refractivity contribution is 0.0866. The number of aromatic nitrogens is 2. The van der Waals surface area contributed by atoms with Crippen LogP contribution in [0.5, 0.6) is 0 Å². The summed E-state index contributed by atoms with van der Waals surface area (Å²) in [6.45, 7) is 3.40. The van der Waals surface area contributed by atoms with Crippen LogP contribution in [0, 0.1) is 0 Å². The predicted octanol–water partition coefficient (Wildman–Crippen LogP) is 1.56. The first-order valence-electron chi connectivity index (χ1n) is 5.93. The zero-order valence-electron chi connectivity index (χ0n) is 11.2. The van der Waals surface area contributed by atoms with Crippen molar-refractivity contribution in [1.29, 1.82) is 0 Å². The molecule has 0 aliphatic rings. The van der Waals surface area contributed by atoms with Crippen LogP contribution in [-0.4, -0.2) is 38.8 Å². The summed E-state index contributed by atoms with van der Waals surface area (Å²) in [5, 5.41) is 12.8. The first-order chi connectivity index (χ1) is 8.98. The van der Waals surface area contributed by atoms with Gasteiger partial charge in [-0.2, -0.15) is 0 Å². The van der Waals surface area contributed by atoms with Gasteiger partial charge in [-0.3, -0.25) is 9.20 Å². The van der Waals surface area contributed by atoms with Crippen LogP contribution >= 0.6 is 11.8 Å². The molecule has 0 radical (unpaired) electrons. The van der Waals surface area contributed by atoms with Crippen molar-refractivity contribution in [1.82, 2.24) is 14.7 Å². The Bertz CT molecular complexity index is 607. The van der Waals surface area contributed by atoms with Gasteiger partial charge in [-0.15, -0.1) is 0 Å². The number of nitrogens with zero attached hydrogens (tertiary/aromatic N) is 2. The number of hydrogen-bond acceptors (Lipinski definition) is 4. The standard InChI is InChI=1S/C13H17N3O2S/c1-13(2,8-17)15-11(18)10-9-6-4-5-7-16(9)12(14-10)19-3/h4-7,17H,8H2,1-3H3,(H,15,18). The Hall–Kier alpha value is -1.53. The number of amides is 1. The largest absolute Gasteiger partial charge is 0.394 e. The molecule has 0 fully saturated rings. The van der Waals surface area contributed by atoms with Gasteiger partial charge in [0.1, 0.15) is 0 Å². The molecule has 0 spiro atoms. The maximum Gasteiger partial charge on any atom is 0.272 e. The minimum Gasteiger partial charge on any atom is -0.394 e. The molecule has 102 valence electrons. The fraction of sp³-hybridized carbons (Fsp3) is 0.385. The quantitative estimate of drug-likeness (QED) is 0.834. The van der Waals surface area contributed by atoms with Gasteiger partial charge >= 0.3 is 0 Å². The van der Waals surface area contributed by atoms with E-state index in [1.807, 2.05) is 35.1 Å². The van der Waals surface area contributed by atoms with Gasteiger partial charge in [-0.05, 0) is 32.2 Å². The van der Waals surface area contributed by atoms with Gasteiger partial charge in [0.25, 0.3) is 5.91 Å². The maximum atomic E-state index is 12.3. The number of rotatable bonds is 4. The van der Waals surface area contributed by atoms with Crippen molar-refractivity contribution in [3.05, 3.63) is 30.1 Å². The highest BCUT2D eigenvalue weighted by atomic mass is 32.2. The zero-order chi connectivity index (χ0) is 14.0. The molecular weight excluding hydrogens is 262 g/mol. The van der Waals surface area contributed by atoms with Gasteiger partial charge in [0.15, 0.2) is 10.9 Å². The maximum absolute atomic E-state index is 12.3. The fourth-order valence-electron chi connectivity index (χ4n) is 1.73. The highest BCUT2D eigenvalue weighted by Crippen LogP contribution is 2.20. The third-order valence-electron chi connectivity index (χ3n) is 2.76. The second kappa shape index (κ2) is 5.22. The minimum atomic E-state index is -0.665. The van der Waals surface area contributed by atoms with Crippen LogP contribution in [0.2, 0.25) is 0 Å². The van der Waals surface area contributed by atoms with Crippen molar-refractivity contribution < 1.29 is 9.90 Å². The molecule has 1 amide bonds. The third-order valence-corrected chi connectivity index (χ3v) is 3.41. The Labute approximate surface area is 116 Å². The second-order valence-corrected chi connectivity index (χ2v) is 5.67. The van der Waals surface area contributed by atoms with E-state index < -0.39 is 5.54 Å². The molecule has 0 atom stereocenters. The number of aliphatic hydroxyl groups is 1. The molecule has 0 saturated heterocycles. The molecule has 5 nitrogen and oxygen atoms in total. The van der Waals surface area contributed by atoms with Gasteiger partial charge < -0.3 is 10.4 Å². The third kappa shape index (κ3) is 2.74. The highest BCUT2D eigenvalue weighted by molar-refractivity contribution is 7.98. The van der Waals surface area contributed by atoms with E-state index in [0.717, 1.165) is 10.7 Å². The Balaban J connectivity index is 2.43. The van der Waals surface area contributed by atoms with Crippen LogP contribution < -0.4 is 5.32 Å². The number of aliphatic hydroxyl groups excluding tert-OH is 1. The highest BCUT2D eigenvalue weighted by Gasteiger charge is 2.23. The molecule has 2 aromatic heterocycles. The summed E-state index contributed by atoms with van der Waals surface area (Å²) in [5.41, 5.74) is 0.478. The summed E-state index contributed by atoms with van der Waals surface area (Å²) >= 11 is 1.48. The lowest BCUT2D eigenvalue weighted by Gasteiger charge is -2.22. The van der Waals surface area contributed by atoms with E-state index >= 15 is 0 Å². The first-order valence-corrected chi connectivity index (χ1v) is 7.15. The SMILES string of the molecule is CSc1nc(C(=O)NC(C)(C)CO)c2ccccn12. The van der Waals surface area contributed by atoms with Crippen LogP contribution in [0.15, 0.2) is 29.6 Å². The van der Waals surface area contributed by atoms with E-state index in [4.69, 9.17) is 0 Å². The number of imidazole rings is 1. The predicted molar refractivity (Wildman–Crippen MR) is 75.6 cm³/mol. The van der Waals surface area contributed by atoms with Crippen LogP contribution in [0.25, 0.3) is 5.52 Å². The van der Waals surface area contributed by atoms with Gasteiger partial charge in [-0.1, -0.05) is 17.8 Å². The summed E-state index contributed by atoms with van der Waals surface area (Å²) in [6, 6.07) is 5.62. The monoisotopic (exact) mass is 279 g/mol. The van der Waals surface area contributed by atoms with Crippen molar-refractivity contribution >= 4 is 23.2 Å². The molecule has 0 bridgehead atoms. The number of pyridine rings is 1. The average molecular weight is 279 g/mol. The van der Waals surface area contributed by atoms with Crippen LogP contribution in [0.3, 0.4) is 0 Å². The van der Waals surface area contributed by atoms with Crippen LogP contribution in [0.1, 0.15) is 24.3 Å². The normalized spacial score (nSPS) is 11.8. The number of thioether (sulfide) groups is 1. The van der Waals surface area contributed by atoms with Crippen LogP contribution in [-0.2, 0) is 0 Å². The Kier molecular flexibility index (Phi) is 3.82. The summed E-state index contributed by atoms with van der Waals surface area (Å²) in [4.78, 5) is 16.6. The van der Waals surface area contributed by atoms with Gasteiger partial charge in [0.2, 0.25) is 0 Å². The van der Waals surface area contributed by atoms with Gasteiger partial charge in [-0.25, -0.2) is 4.98 Å². The summed E-state index contributed by atoms with van der Waals surface area (Å²) in [6.07, 6.45) is 3.79. The molecule has 0 saturated carbocycles. The summed E-state index contributed by atoms with van der Waals surface area (Å²) in [7, 11) is 0. The Morgan fingerprint density at radius 3 is 2.89 bits per heavy atom. The van der Waals surface area contributed by atoms with E-state index in [1.165, 1.54) is 11.8 Å². The molecule has 2 heterocycles. The first kappa shape index (κ1) is 13.9. The molecular formula is C13H17N3O2S. The fourth-order valence-corrected chi connectivity index (χ4v) is 2.27. The topological polar surface area (TPSA) is 66.6 Å². The molecule has 0 aliphatic heterocycles. The Morgan fingerprint density at radius 1 is 1.53 bits per heavy atom. The van der Waals surface area contributed by atoms with Crippen LogP contribution in [0.4, 0.5) is 0 Å². The van der Waals surface area contributed by atoms with E-state index in [9.17, 15) is 9.90 Å². The van der Waals surface area contributed by atoms with Crippen molar-refractivity contribution in [2.24, 2.45) is 0 Å². The number of hydrogen-bond donors (Lipinski definition) is 2. The molecule has 6 heteroatoms. The van der Waals surface area contributed by atoms with Crippen molar-refractivity contribution in [2.45, 2.75) is 24.5 Å². The zero-order valence-corrected chi connectivity index (χ0v) is 12.0. The number of carbonyl (C=O) groups excluding carboxylic acids is 1. The summed E-state index contributed by atoms with van der Waals surface area (Å²) in [5.74, 6) is -0.275. The van der Waals surface area contributed by atoms with Crippen molar-refractivity contribution in [3.8, 4) is 0 Å². The number of carbonyl (C=O) groups is 1. The van der Waals surface area contributed by atoms with E-state index in [0.29, 0.717) is 5.69 Å². The minimum absolute atomic E-state index is 0.125. The molecule has 0 unspecified atom stereocenters. The van der Waals surface area contributed by atoms with Gasteiger partial charge in [0, 0.05) is 6.20 Å². The van der Waals surface area contributed by atoms with Crippen molar-refractivity contribution in [2.75, 3.05) is 12.9 Å². The average Bonchev–Trinajstić information content (AvgIpc) is 2.77. The number of nitrogens with one attached hydrogen (secondary N) is 1. The molecule has 19 heavy (non-hydrogen) atoms. The summed E-state index contributed by atoms with van der Waals surface area (Å²) < 4.78 is 1.88. The lowest BCUT2D eigenvalue weighted by Crippen LogP contribution is -2.46. The molecule has 2 rings (SSSR count). The van der Waals surface area contributed by atoms with E-state index in [1.54, 1.807) is 13.8 Å². The molecule has 2 N–H and O–H groups in total. The molecule has 0 aromatic carbocycles. The Morgan fingerprint density at radius 2 is 2.26 bits per heavy atom. The smallest absolute Gasteiger partial charge is 0.272 e. The second-order valence-electron chi connectivity index (χ2n) is 4.90.